The normalized spacial score (nSPS) is 23.1. The van der Waals surface area contributed by atoms with Crippen molar-refractivity contribution in [1.29, 1.82) is 0 Å². The monoisotopic (exact) mass is 260 g/mol. The Bertz CT molecular complexity index is 394. The van der Waals surface area contributed by atoms with E-state index in [4.69, 9.17) is 4.74 Å². The fourth-order valence-corrected chi connectivity index (χ4v) is 2.92. The first-order valence-corrected chi connectivity index (χ1v) is 7.36. The van der Waals surface area contributed by atoms with Crippen molar-refractivity contribution in [3.8, 4) is 0 Å². The summed E-state index contributed by atoms with van der Waals surface area (Å²) >= 11 is 0. The number of nitrogens with one attached hydrogen (secondary N) is 1. The van der Waals surface area contributed by atoms with E-state index in [0.29, 0.717) is 11.5 Å². The molecule has 0 radical (unpaired) electrons. The predicted octanol–water partition coefficient (Wildman–Crippen LogP) is 2.28. The van der Waals surface area contributed by atoms with Crippen molar-refractivity contribution in [2.75, 3.05) is 37.7 Å². The summed E-state index contributed by atoms with van der Waals surface area (Å²) in [7, 11) is 0. The predicted molar refractivity (Wildman–Crippen MR) is 78.6 cm³/mol. The Morgan fingerprint density at radius 3 is 2.47 bits per heavy atom. The number of nitrogens with zero attached hydrogens (tertiary/aromatic N) is 1. The molecule has 2 fully saturated rings. The molecule has 0 aromatic heterocycles. The van der Waals surface area contributed by atoms with Gasteiger partial charge in [0.1, 0.15) is 0 Å². The first-order chi connectivity index (χ1) is 9.25. The van der Waals surface area contributed by atoms with Crippen LogP contribution < -0.4 is 10.2 Å². The van der Waals surface area contributed by atoms with Crippen LogP contribution in [-0.2, 0) is 4.74 Å². The van der Waals surface area contributed by atoms with Crippen LogP contribution in [0.2, 0.25) is 0 Å². The first-order valence-electron chi connectivity index (χ1n) is 7.36. The van der Waals surface area contributed by atoms with Crippen LogP contribution >= 0.6 is 0 Å². The lowest BCUT2D eigenvalue weighted by molar-refractivity contribution is -0.100. The molecule has 2 heterocycles. The molecule has 0 bridgehead atoms. The summed E-state index contributed by atoms with van der Waals surface area (Å²) in [5, 5.41) is 3.73. The molecule has 0 spiro atoms. The smallest absolute Gasteiger partial charge is 0.0554 e. The highest BCUT2D eigenvalue weighted by Gasteiger charge is 2.33. The molecule has 104 valence electrons. The Balaban J connectivity index is 1.44. The van der Waals surface area contributed by atoms with Gasteiger partial charge in [-0.2, -0.15) is 0 Å². The van der Waals surface area contributed by atoms with Crippen LogP contribution in [0.1, 0.15) is 19.8 Å². The fraction of sp³-hybridized carbons (Fsp3) is 0.625. The van der Waals surface area contributed by atoms with Crippen molar-refractivity contribution in [2.45, 2.75) is 25.8 Å². The van der Waals surface area contributed by atoms with E-state index in [1.807, 2.05) is 0 Å². The highest BCUT2D eigenvalue weighted by molar-refractivity contribution is 5.46. The van der Waals surface area contributed by atoms with Crippen molar-refractivity contribution in [3.63, 3.8) is 0 Å². The van der Waals surface area contributed by atoms with Gasteiger partial charge in [-0.3, -0.25) is 0 Å². The van der Waals surface area contributed by atoms with Crippen LogP contribution in [0, 0.1) is 5.41 Å². The van der Waals surface area contributed by atoms with E-state index in [9.17, 15) is 0 Å². The Labute approximate surface area is 115 Å². The number of ether oxygens (including phenoxy) is 1. The van der Waals surface area contributed by atoms with E-state index < -0.39 is 0 Å². The maximum absolute atomic E-state index is 5.30. The minimum Gasteiger partial charge on any atom is -0.380 e. The fourth-order valence-electron chi connectivity index (χ4n) is 2.92. The van der Waals surface area contributed by atoms with Gasteiger partial charge in [-0.05, 0) is 25.0 Å². The van der Waals surface area contributed by atoms with Gasteiger partial charge in [0.15, 0.2) is 0 Å². The third-order valence-electron chi connectivity index (χ3n) is 4.33. The van der Waals surface area contributed by atoms with E-state index in [0.717, 1.165) is 32.8 Å². The molecule has 0 amide bonds. The quantitative estimate of drug-likeness (QED) is 0.899. The molecule has 1 aromatic rings. The average Bonchev–Trinajstić information content (AvgIpc) is 2.45. The molecule has 0 saturated carbocycles. The molecular formula is C16H24N2O. The van der Waals surface area contributed by atoms with Gasteiger partial charge in [-0.15, -0.1) is 0 Å². The van der Waals surface area contributed by atoms with E-state index in [2.05, 4.69) is 47.5 Å². The van der Waals surface area contributed by atoms with Gasteiger partial charge in [0.25, 0.3) is 0 Å². The van der Waals surface area contributed by atoms with Crippen molar-refractivity contribution in [1.82, 2.24) is 5.32 Å². The van der Waals surface area contributed by atoms with Crippen LogP contribution in [0.15, 0.2) is 30.3 Å². The van der Waals surface area contributed by atoms with Crippen molar-refractivity contribution in [2.24, 2.45) is 5.41 Å². The number of para-hydroxylation sites is 1. The molecule has 2 aliphatic rings. The minimum absolute atomic E-state index is 0.385. The third kappa shape index (κ3) is 3.10. The van der Waals surface area contributed by atoms with E-state index in [1.54, 1.807) is 0 Å². The summed E-state index contributed by atoms with van der Waals surface area (Å²) in [6.07, 6.45) is 2.48. The molecular weight excluding hydrogens is 236 g/mol. The molecule has 3 heteroatoms. The van der Waals surface area contributed by atoms with Crippen LogP contribution in [0.25, 0.3) is 0 Å². The molecule has 0 aliphatic carbocycles. The zero-order valence-corrected chi connectivity index (χ0v) is 11.8. The zero-order chi connectivity index (χ0) is 13.1. The van der Waals surface area contributed by atoms with Crippen LogP contribution in [0.5, 0.6) is 0 Å². The second-order valence-corrected chi connectivity index (χ2v) is 6.28. The topological polar surface area (TPSA) is 24.5 Å². The Hall–Kier alpha value is -1.06. The minimum atomic E-state index is 0.385. The number of piperidine rings is 1. The molecule has 1 aromatic carbocycles. The number of hydrogen-bond acceptors (Lipinski definition) is 3. The van der Waals surface area contributed by atoms with E-state index in [1.165, 1.54) is 18.5 Å². The van der Waals surface area contributed by atoms with Gasteiger partial charge in [0.05, 0.1) is 13.2 Å². The van der Waals surface area contributed by atoms with E-state index >= 15 is 0 Å². The molecule has 1 N–H and O–H groups in total. The lowest BCUT2D eigenvalue weighted by Crippen LogP contribution is -2.51. The van der Waals surface area contributed by atoms with Gasteiger partial charge in [-0.25, -0.2) is 0 Å². The van der Waals surface area contributed by atoms with Crippen LogP contribution in [0.4, 0.5) is 5.69 Å². The first kappa shape index (κ1) is 12.9. The van der Waals surface area contributed by atoms with Gasteiger partial charge in [0, 0.05) is 36.8 Å². The van der Waals surface area contributed by atoms with Crippen LogP contribution in [-0.4, -0.2) is 38.9 Å². The molecule has 0 atom stereocenters. The van der Waals surface area contributed by atoms with Gasteiger partial charge >= 0.3 is 0 Å². The highest BCUT2D eigenvalue weighted by Crippen LogP contribution is 2.26. The maximum atomic E-state index is 5.30. The van der Waals surface area contributed by atoms with Gasteiger partial charge < -0.3 is 15.0 Å². The van der Waals surface area contributed by atoms with E-state index in [-0.39, 0.29) is 0 Å². The molecule has 3 nitrogen and oxygen atoms in total. The largest absolute Gasteiger partial charge is 0.380 e. The molecule has 19 heavy (non-hydrogen) atoms. The number of hydrogen-bond donors (Lipinski definition) is 1. The molecule has 2 aliphatic heterocycles. The van der Waals surface area contributed by atoms with Gasteiger partial charge in [-0.1, -0.05) is 25.1 Å². The van der Waals surface area contributed by atoms with Crippen molar-refractivity contribution < 1.29 is 4.74 Å². The molecule has 3 rings (SSSR count). The summed E-state index contributed by atoms with van der Waals surface area (Å²) in [5.74, 6) is 0. The lowest BCUT2D eigenvalue weighted by Gasteiger charge is -2.41. The second kappa shape index (κ2) is 5.51. The maximum Gasteiger partial charge on any atom is 0.0554 e. The average molecular weight is 260 g/mol. The lowest BCUT2D eigenvalue weighted by atomic mass is 9.88. The molecule has 2 saturated heterocycles. The summed E-state index contributed by atoms with van der Waals surface area (Å²) in [5.41, 5.74) is 1.75. The van der Waals surface area contributed by atoms with Gasteiger partial charge in [0.2, 0.25) is 0 Å². The zero-order valence-electron chi connectivity index (χ0n) is 11.8. The Morgan fingerprint density at radius 2 is 1.89 bits per heavy atom. The summed E-state index contributed by atoms with van der Waals surface area (Å²) in [4.78, 5) is 2.49. The summed E-state index contributed by atoms with van der Waals surface area (Å²) in [6, 6.07) is 11.4. The van der Waals surface area contributed by atoms with Crippen LogP contribution in [0.3, 0.4) is 0 Å². The standard InChI is InChI=1S/C16H24N2O/c1-16(12-19-13-16)11-17-14-7-9-18(10-8-14)15-5-3-2-4-6-15/h2-6,14,17H,7-13H2,1H3. The van der Waals surface area contributed by atoms with Crippen molar-refractivity contribution >= 4 is 5.69 Å². The number of anilines is 1. The molecule has 0 unspecified atom stereocenters. The number of benzene rings is 1. The SMILES string of the molecule is CC1(CNC2CCN(c3ccccc3)CC2)COC1. The third-order valence-corrected chi connectivity index (χ3v) is 4.33. The Kier molecular flexibility index (Phi) is 3.76. The Morgan fingerprint density at radius 1 is 1.21 bits per heavy atom. The number of rotatable bonds is 4. The summed E-state index contributed by atoms with van der Waals surface area (Å²) < 4.78 is 5.30. The summed E-state index contributed by atoms with van der Waals surface area (Å²) in [6.45, 7) is 7.57. The highest BCUT2D eigenvalue weighted by atomic mass is 16.5. The second-order valence-electron chi connectivity index (χ2n) is 6.28. The van der Waals surface area contributed by atoms with Crippen molar-refractivity contribution in [3.05, 3.63) is 30.3 Å².